The summed E-state index contributed by atoms with van der Waals surface area (Å²) in [4.78, 5) is 11.9. The molecule has 3 nitrogen and oxygen atoms in total. The number of rotatable bonds is 5. The largest absolute Gasteiger partial charge is 0.484 e. The van der Waals surface area contributed by atoms with E-state index < -0.39 is 0 Å². The Morgan fingerprint density at radius 2 is 2.05 bits per heavy atom. The molecule has 0 saturated carbocycles. The Labute approximate surface area is 133 Å². The first kappa shape index (κ1) is 15.6. The first-order chi connectivity index (χ1) is 10.1. The highest BCUT2D eigenvalue weighted by atomic mass is 79.9. The molecule has 0 spiro atoms. The van der Waals surface area contributed by atoms with Crippen molar-refractivity contribution in [3.8, 4) is 5.75 Å². The lowest BCUT2D eigenvalue weighted by atomic mass is 10.2. The minimum atomic E-state index is -0.168. The maximum absolute atomic E-state index is 11.9. The van der Waals surface area contributed by atoms with Gasteiger partial charge < -0.3 is 10.1 Å². The molecule has 0 fully saturated rings. The van der Waals surface area contributed by atoms with E-state index in [1.165, 1.54) is 5.56 Å². The molecule has 4 heteroatoms. The van der Waals surface area contributed by atoms with Crippen LogP contribution in [-0.4, -0.2) is 12.5 Å². The molecule has 2 aromatic rings. The van der Waals surface area contributed by atoms with Crippen molar-refractivity contribution >= 4 is 27.5 Å². The molecule has 21 heavy (non-hydrogen) atoms. The summed E-state index contributed by atoms with van der Waals surface area (Å²) in [6.45, 7) is 4.07. The molecule has 0 atom stereocenters. The van der Waals surface area contributed by atoms with E-state index in [9.17, 15) is 4.79 Å². The van der Waals surface area contributed by atoms with Crippen LogP contribution >= 0.6 is 15.9 Å². The molecule has 1 amide bonds. The third kappa shape index (κ3) is 4.60. The zero-order chi connectivity index (χ0) is 15.2. The van der Waals surface area contributed by atoms with Gasteiger partial charge in [-0.1, -0.05) is 35.0 Å². The SMILES string of the molecule is CCc1cccc(OCC(=O)Nc2ccc(Br)c(C)c2)c1. The van der Waals surface area contributed by atoms with Crippen LogP contribution in [0.15, 0.2) is 46.9 Å². The van der Waals surface area contributed by atoms with Crippen molar-refractivity contribution in [1.82, 2.24) is 0 Å². The zero-order valence-corrected chi connectivity index (χ0v) is 13.7. The minimum absolute atomic E-state index is 0.00226. The van der Waals surface area contributed by atoms with Crippen molar-refractivity contribution in [2.45, 2.75) is 20.3 Å². The van der Waals surface area contributed by atoms with E-state index in [0.717, 1.165) is 27.9 Å². The van der Waals surface area contributed by atoms with E-state index in [4.69, 9.17) is 4.74 Å². The van der Waals surface area contributed by atoms with Crippen LogP contribution in [0.5, 0.6) is 5.75 Å². The third-order valence-corrected chi connectivity index (χ3v) is 4.01. The van der Waals surface area contributed by atoms with Crippen LogP contribution in [-0.2, 0) is 11.2 Å². The molecule has 2 rings (SSSR count). The predicted molar refractivity (Wildman–Crippen MR) is 88.8 cm³/mol. The summed E-state index contributed by atoms with van der Waals surface area (Å²) in [6, 6.07) is 13.5. The molecule has 0 aliphatic carbocycles. The quantitative estimate of drug-likeness (QED) is 0.873. The molecule has 0 unspecified atom stereocenters. The van der Waals surface area contributed by atoms with Gasteiger partial charge in [-0.2, -0.15) is 0 Å². The Hall–Kier alpha value is -1.81. The number of ether oxygens (including phenoxy) is 1. The number of anilines is 1. The van der Waals surface area contributed by atoms with Crippen LogP contribution < -0.4 is 10.1 Å². The second-order valence-electron chi connectivity index (χ2n) is 4.80. The number of benzene rings is 2. The summed E-state index contributed by atoms with van der Waals surface area (Å²) in [5.74, 6) is 0.551. The average molecular weight is 348 g/mol. The normalized spacial score (nSPS) is 10.2. The van der Waals surface area contributed by atoms with Crippen molar-refractivity contribution < 1.29 is 9.53 Å². The maximum Gasteiger partial charge on any atom is 0.262 e. The molecule has 0 aliphatic heterocycles. The van der Waals surface area contributed by atoms with E-state index in [1.807, 2.05) is 49.4 Å². The van der Waals surface area contributed by atoms with Gasteiger partial charge in [-0.05, 0) is 54.8 Å². The number of nitrogens with one attached hydrogen (secondary N) is 1. The minimum Gasteiger partial charge on any atom is -0.484 e. The number of aryl methyl sites for hydroxylation is 2. The molecule has 1 N–H and O–H groups in total. The number of amides is 1. The van der Waals surface area contributed by atoms with Crippen molar-refractivity contribution in [3.05, 3.63) is 58.1 Å². The smallest absolute Gasteiger partial charge is 0.262 e. The fourth-order valence-corrected chi connectivity index (χ4v) is 2.17. The number of carbonyl (C=O) groups excluding carboxylic acids is 1. The lowest BCUT2D eigenvalue weighted by molar-refractivity contribution is -0.118. The summed E-state index contributed by atoms with van der Waals surface area (Å²) in [5.41, 5.74) is 3.03. The van der Waals surface area contributed by atoms with Crippen molar-refractivity contribution in [1.29, 1.82) is 0 Å². The van der Waals surface area contributed by atoms with E-state index in [0.29, 0.717) is 0 Å². The van der Waals surface area contributed by atoms with E-state index in [1.54, 1.807) is 0 Å². The molecule has 0 bridgehead atoms. The Bertz CT molecular complexity index is 640. The highest BCUT2D eigenvalue weighted by Crippen LogP contribution is 2.20. The van der Waals surface area contributed by atoms with E-state index in [-0.39, 0.29) is 12.5 Å². The van der Waals surface area contributed by atoms with Gasteiger partial charge in [0, 0.05) is 10.2 Å². The van der Waals surface area contributed by atoms with Crippen LogP contribution in [0.2, 0.25) is 0 Å². The van der Waals surface area contributed by atoms with Crippen molar-refractivity contribution in [3.63, 3.8) is 0 Å². The van der Waals surface area contributed by atoms with Gasteiger partial charge in [0.1, 0.15) is 5.75 Å². The lowest BCUT2D eigenvalue weighted by Gasteiger charge is -2.09. The Balaban J connectivity index is 1.91. The van der Waals surface area contributed by atoms with Gasteiger partial charge in [0.05, 0.1) is 0 Å². The molecule has 0 heterocycles. The summed E-state index contributed by atoms with van der Waals surface area (Å²) >= 11 is 3.43. The molecule has 0 radical (unpaired) electrons. The summed E-state index contributed by atoms with van der Waals surface area (Å²) < 4.78 is 6.54. The topological polar surface area (TPSA) is 38.3 Å². The van der Waals surface area contributed by atoms with Crippen LogP contribution in [0.4, 0.5) is 5.69 Å². The second kappa shape index (κ2) is 7.27. The number of hydrogen-bond donors (Lipinski definition) is 1. The molecular formula is C17H18BrNO2. The highest BCUT2D eigenvalue weighted by molar-refractivity contribution is 9.10. The zero-order valence-electron chi connectivity index (χ0n) is 12.2. The number of halogens is 1. The predicted octanol–water partition coefficient (Wildman–Crippen LogP) is 4.34. The monoisotopic (exact) mass is 347 g/mol. The molecule has 0 aromatic heterocycles. The van der Waals surface area contributed by atoms with Gasteiger partial charge in [-0.15, -0.1) is 0 Å². The average Bonchev–Trinajstić information content (AvgIpc) is 2.49. The Kier molecular flexibility index (Phi) is 5.39. The van der Waals surface area contributed by atoms with Crippen molar-refractivity contribution in [2.75, 3.05) is 11.9 Å². The van der Waals surface area contributed by atoms with Gasteiger partial charge in [0.15, 0.2) is 6.61 Å². The summed E-state index contributed by atoms with van der Waals surface area (Å²) in [5, 5.41) is 2.82. The Morgan fingerprint density at radius 1 is 1.24 bits per heavy atom. The summed E-state index contributed by atoms with van der Waals surface area (Å²) in [7, 11) is 0. The molecule has 0 aliphatic rings. The van der Waals surface area contributed by atoms with Crippen LogP contribution in [0.25, 0.3) is 0 Å². The fraction of sp³-hybridized carbons (Fsp3) is 0.235. The number of carbonyl (C=O) groups is 1. The molecular weight excluding hydrogens is 330 g/mol. The van der Waals surface area contributed by atoms with Crippen LogP contribution in [0, 0.1) is 6.92 Å². The summed E-state index contributed by atoms with van der Waals surface area (Å²) in [6.07, 6.45) is 0.946. The van der Waals surface area contributed by atoms with E-state index in [2.05, 4.69) is 28.2 Å². The van der Waals surface area contributed by atoms with Crippen molar-refractivity contribution in [2.24, 2.45) is 0 Å². The highest BCUT2D eigenvalue weighted by Gasteiger charge is 2.05. The standard InChI is InChI=1S/C17H18BrNO2/c1-3-13-5-4-6-15(10-13)21-11-17(20)19-14-7-8-16(18)12(2)9-14/h4-10H,3,11H2,1-2H3,(H,19,20). The third-order valence-electron chi connectivity index (χ3n) is 3.12. The van der Waals surface area contributed by atoms with Gasteiger partial charge >= 0.3 is 0 Å². The van der Waals surface area contributed by atoms with E-state index >= 15 is 0 Å². The maximum atomic E-state index is 11.9. The molecule has 0 saturated heterocycles. The number of hydrogen-bond acceptors (Lipinski definition) is 2. The Morgan fingerprint density at radius 3 is 2.76 bits per heavy atom. The first-order valence-corrected chi connectivity index (χ1v) is 7.65. The van der Waals surface area contributed by atoms with Gasteiger partial charge in [0.2, 0.25) is 0 Å². The second-order valence-corrected chi connectivity index (χ2v) is 5.66. The van der Waals surface area contributed by atoms with Crippen LogP contribution in [0.1, 0.15) is 18.1 Å². The lowest BCUT2D eigenvalue weighted by Crippen LogP contribution is -2.20. The van der Waals surface area contributed by atoms with Gasteiger partial charge in [-0.3, -0.25) is 4.79 Å². The fourth-order valence-electron chi connectivity index (χ4n) is 1.92. The molecule has 110 valence electrons. The molecule has 2 aromatic carbocycles. The first-order valence-electron chi connectivity index (χ1n) is 6.86. The van der Waals surface area contributed by atoms with Gasteiger partial charge in [-0.25, -0.2) is 0 Å². The van der Waals surface area contributed by atoms with Gasteiger partial charge in [0.25, 0.3) is 5.91 Å². The van der Waals surface area contributed by atoms with Crippen LogP contribution in [0.3, 0.4) is 0 Å².